The van der Waals surface area contributed by atoms with E-state index in [0.717, 1.165) is 29.9 Å². The molecule has 0 saturated heterocycles. The quantitative estimate of drug-likeness (QED) is 0.729. The topological polar surface area (TPSA) is 41.5 Å². The minimum atomic E-state index is -0.466. The zero-order chi connectivity index (χ0) is 18.1. The molecule has 3 heteroatoms. The molecule has 144 valence electrons. The molecule has 1 aromatic rings. The van der Waals surface area contributed by atoms with Crippen LogP contribution in [0.3, 0.4) is 0 Å². The second-order valence-corrected chi connectivity index (χ2v) is 9.40. The van der Waals surface area contributed by atoms with Gasteiger partial charge in [0.05, 0.1) is 0 Å². The molecule has 26 heavy (non-hydrogen) atoms. The number of hydrogen-bond donors (Lipinski definition) is 2. The van der Waals surface area contributed by atoms with E-state index in [9.17, 15) is 5.11 Å². The maximum Gasteiger partial charge on any atom is 0.119 e. The monoisotopic (exact) mass is 357 g/mol. The number of aliphatic hydroxyl groups excluding tert-OH is 1. The van der Waals surface area contributed by atoms with Gasteiger partial charge in [0, 0.05) is 12.6 Å². The molecule has 2 atom stereocenters. The summed E-state index contributed by atoms with van der Waals surface area (Å²) in [4.78, 5) is 0. The molecule has 4 aliphatic rings. The second-order valence-electron chi connectivity index (χ2n) is 9.40. The van der Waals surface area contributed by atoms with Crippen molar-refractivity contribution in [2.45, 2.75) is 76.4 Å². The first-order valence-corrected chi connectivity index (χ1v) is 10.7. The van der Waals surface area contributed by atoms with Gasteiger partial charge in [-0.25, -0.2) is 0 Å². The summed E-state index contributed by atoms with van der Waals surface area (Å²) in [6, 6.07) is 9.26. The number of rotatable bonds is 8. The van der Waals surface area contributed by atoms with E-state index in [0.29, 0.717) is 24.6 Å². The Morgan fingerprint density at radius 3 is 2.19 bits per heavy atom. The van der Waals surface area contributed by atoms with Crippen molar-refractivity contribution >= 4 is 0 Å². The van der Waals surface area contributed by atoms with Crippen LogP contribution in [-0.2, 0) is 5.41 Å². The van der Waals surface area contributed by atoms with Gasteiger partial charge in [-0.3, -0.25) is 0 Å². The molecule has 3 nitrogen and oxygen atoms in total. The fourth-order valence-electron chi connectivity index (χ4n) is 6.10. The standard InChI is InChI=1S/C23H35NO2/c1-3-16(2)24-14-21(25)15-26-22-6-4-20(5-7-22)23-11-17-8-18(12-23)10-19(9-17)13-23/h4-7,16-19,21,24-25H,3,8-15H2,1-2H3/t16-,17?,18?,19?,21+,23?/m1/s1. The summed E-state index contributed by atoms with van der Waals surface area (Å²) < 4.78 is 5.82. The first-order chi connectivity index (χ1) is 12.6. The molecule has 4 aliphatic carbocycles. The summed E-state index contributed by atoms with van der Waals surface area (Å²) in [5.41, 5.74) is 1.98. The molecular formula is C23H35NO2. The minimum absolute atomic E-state index is 0.347. The van der Waals surface area contributed by atoms with Crippen LogP contribution >= 0.6 is 0 Å². The van der Waals surface area contributed by atoms with E-state index in [1.165, 1.54) is 44.1 Å². The summed E-state index contributed by atoms with van der Waals surface area (Å²) >= 11 is 0. The van der Waals surface area contributed by atoms with Crippen molar-refractivity contribution in [3.63, 3.8) is 0 Å². The molecule has 4 saturated carbocycles. The van der Waals surface area contributed by atoms with Crippen LogP contribution in [0.5, 0.6) is 5.75 Å². The normalized spacial score (nSPS) is 34.7. The zero-order valence-electron chi connectivity index (χ0n) is 16.4. The van der Waals surface area contributed by atoms with Gasteiger partial charge in [0.25, 0.3) is 0 Å². The van der Waals surface area contributed by atoms with Crippen LogP contribution in [0.2, 0.25) is 0 Å². The van der Waals surface area contributed by atoms with Crippen molar-refractivity contribution in [1.29, 1.82) is 0 Å². The Morgan fingerprint density at radius 1 is 1.08 bits per heavy atom. The molecule has 0 aliphatic heterocycles. The second kappa shape index (κ2) is 7.52. The van der Waals surface area contributed by atoms with Crippen LogP contribution in [0.4, 0.5) is 0 Å². The van der Waals surface area contributed by atoms with Gasteiger partial charge < -0.3 is 15.2 Å². The number of aliphatic hydroxyl groups is 1. The fraction of sp³-hybridized carbons (Fsp3) is 0.739. The van der Waals surface area contributed by atoms with Crippen LogP contribution < -0.4 is 10.1 Å². The zero-order valence-corrected chi connectivity index (χ0v) is 16.4. The van der Waals surface area contributed by atoms with Gasteiger partial charge >= 0.3 is 0 Å². The first-order valence-electron chi connectivity index (χ1n) is 10.7. The molecule has 4 fully saturated rings. The molecule has 0 amide bonds. The fourth-order valence-corrected chi connectivity index (χ4v) is 6.10. The summed E-state index contributed by atoms with van der Waals surface area (Å²) in [6.45, 7) is 5.21. The molecule has 2 N–H and O–H groups in total. The summed E-state index contributed by atoms with van der Waals surface area (Å²) in [7, 11) is 0. The number of benzene rings is 1. The SMILES string of the molecule is CC[C@@H](C)NC[C@H](O)COc1ccc(C23CC4CC(CC(C4)C2)C3)cc1. The molecule has 5 rings (SSSR count). The lowest BCUT2D eigenvalue weighted by molar-refractivity contribution is -0.00521. The van der Waals surface area contributed by atoms with E-state index in [-0.39, 0.29) is 0 Å². The van der Waals surface area contributed by atoms with Gasteiger partial charge in [0.1, 0.15) is 18.5 Å². The van der Waals surface area contributed by atoms with Gasteiger partial charge in [0.2, 0.25) is 0 Å². The van der Waals surface area contributed by atoms with Gasteiger partial charge in [-0.1, -0.05) is 19.1 Å². The lowest BCUT2D eigenvalue weighted by atomic mass is 9.48. The Balaban J connectivity index is 1.33. The predicted molar refractivity (Wildman–Crippen MR) is 106 cm³/mol. The molecule has 0 unspecified atom stereocenters. The van der Waals surface area contributed by atoms with Gasteiger partial charge in [0.15, 0.2) is 0 Å². The molecule has 4 bridgehead atoms. The van der Waals surface area contributed by atoms with Crippen LogP contribution in [0, 0.1) is 17.8 Å². The third kappa shape index (κ3) is 3.80. The van der Waals surface area contributed by atoms with Crippen LogP contribution in [0.25, 0.3) is 0 Å². The Labute approximate surface area is 158 Å². The van der Waals surface area contributed by atoms with E-state index < -0.39 is 6.10 Å². The van der Waals surface area contributed by atoms with E-state index in [1.807, 2.05) is 0 Å². The Morgan fingerprint density at radius 2 is 1.65 bits per heavy atom. The average Bonchev–Trinajstić information content (AvgIpc) is 2.63. The van der Waals surface area contributed by atoms with E-state index in [4.69, 9.17) is 4.74 Å². The Hall–Kier alpha value is -1.06. The van der Waals surface area contributed by atoms with Crippen LogP contribution in [-0.4, -0.2) is 30.4 Å². The van der Waals surface area contributed by atoms with Crippen molar-refractivity contribution in [2.24, 2.45) is 17.8 Å². The predicted octanol–water partition coefficient (Wildman–Crippen LogP) is 4.28. The first kappa shape index (κ1) is 18.3. The highest BCUT2D eigenvalue weighted by atomic mass is 16.5. The smallest absolute Gasteiger partial charge is 0.119 e. The molecule has 0 spiro atoms. The summed E-state index contributed by atoms with van der Waals surface area (Å²) in [5.74, 6) is 3.81. The van der Waals surface area contributed by atoms with Crippen molar-refractivity contribution in [3.05, 3.63) is 29.8 Å². The lowest BCUT2D eigenvalue weighted by Gasteiger charge is -2.57. The maximum atomic E-state index is 10.1. The van der Waals surface area contributed by atoms with E-state index >= 15 is 0 Å². The maximum absolute atomic E-state index is 10.1. The summed E-state index contributed by atoms with van der Waals surface area (Å²) in [5, 5.41) is 13.4. The number of nitrogens with one attached hydrogen (secondary N) is 1. The highest BCUT2D eigenvalue weighted by Gasteiger charge is 2.51. The molecular weight excluding hydrogens is 322 g/mol. The molecule has 0 heterocycles. The number of hydrogen-bond acceptors (Lipinski definition) is 3. The number of ether oxygens (including phenoxy) is 1. The minimum Gasteiger partial charge on any atom is -0.491 e. The highest BCUT2D eigenvalue weighted by Crippen LogP contribution is 2.60. The highest BCUT2D eigenvalue weighted by molar-refractivity contribution is 5.34. The van der Waals surface area contributed by atoms with Crippen molar-refractivity contribution < 1.29 is 9.84 Å². The average molecular weight is 358 g/mol. The molecule has 0 aromatic heterocycles. The van der Waals surface area contributed by atoms with Gasteiger partial charge in [-0.2, -0.15) is 0 Å². The van der Waals surface area contributed by atoms with Gasteiger partial charge in [-0.05, 0) is 92.7 Å². The largest absolute Gasteiger partial charge is 0.491 e. The van der Waals surface area contributed by atoms with Crippen molar-refractivity contribution in [3.8, 4) is 5.75 Å². The van der Waals surface area contributed by atoms with Crippen molar-refractivity contribution in [1.82, 2.24) is 5.32 Å². The lowest BCUT2D eigenvalue weighted by Crippen LogP contribution is -2.48. The van der Waals surface area contributed by atoms with E-state index in [2.05, 4.69) is 43.4 Å². The Bertz CT molecular complexity index is 561. The van der Waals surface area contributed by atoms with Crippen LogP contribution in [0.1, 0.15) is 64.4 Å². The van der Waals surface area contributed by atoms with Crippen LogP contribution in [0.15, 0.2) is 24.3 Å². The third-order valence-corrected chi connectivity index (χ3v) is 7.26. The third-order valence-electron chi connectivity index (χ3n) is 7.26. The molecule has 0 radical (unpaired) electrons. The summed E-state index contributed by atoms with van der Waals surface area (Å²) in [6.07, 6.45) is 9.28. The molecule has 1 aromatic carbocycles. The van der Waals surface area contributed by atoms with E-state index in [1.54, 1.807) is 0 Å². The van der Waals surface area contributed by atoms with Gasteiger partial charge in [-0.15, -0.1) is 0 Å². The van der Waals surface area contributed by atoms with Crippen molar-refractivity contribution in [2.75, 3.05) is 13.2 Å². The Kier molecular flexibility index (Phi) is 5.29.